The average molecular weight is 319 g/mol. The van der Waals surface area contributed by atoms with Crippen LogP contribution < -0.4 is 4.72 Å². The Kier molecular flexibility index (Phi) is 5.30. The van der Waals surface area contributed by atoms with Gasteiger partial charge in [-0.15, -0.1) is 0 Å². The van der Waals surface area contributed by atoms with Crippen molar-refractivity contribution in [2.45, 2.75) is 11.3 Å². The van der Waals surface area contributed by atoms with E-state index in [1.807, 2.05) is 30.3 Å². The van der Waals surface area contributed by atoms with Gasteiger partial charge in [0.1, 0.15) is 0 Å². The summed E-state index contributed by atoms with van der Waals surface area (Å²) >= 11 is 0. The lowest BCUT2D eigenvalue weighted by molar-refractivity contribution is 0.0600. The number of hydrogen-bond donors (Lipinski definition) is 1. The Hall–Kier alpha value is -2.18. The van der Waals surface area contributed by atoms with Gasteiger partial charge in [-0.05, 0) is 36.2 Å². The molecular formula is C16H17NO4S. The molecule has 5 nitrogen and oxygen atoms in total. The second-order valence-corrected chi connectivity index (χ2v) is 6.42. The first kappa shape index (κ1) is 16.2. The highest BCUT2D eigenvalue weighted by Crippen LogP contribution is 2.11. The van der Waals surface area contributed by atoms with Crippen molar-refractivity contribution in [2.24, 2.45) is 0 Å². The number of hydrogen-bond acceptors (Lipinski definition) is 4. The summed E-state index contributed by atoms with van der Waals surface area (Å²) in [4.78, 5) is 11.4. The molecule has 0 spiro atoms. The normalized spacial score (nSPS) is 11.1. The van der Waals surface area contributed by atoms with E-state index in [-0.39, 0.29) is 4.90 Å². The first-order valence-electron chi connectivity index (χ1n) is 6.75. The molecule has 0 atom stereocenters. The highest BCUT2D eigenvalue weighted by atomic mass is 32.2. The second-order valence-electron chi connectivity index (χ2n) is 4.65. The van der Waals surface area contributed by atoms with E-state index < -0.39 is 16.0 Å². The van der Waals surface area contributed by atoms with Crippen LogP contribution in [0.25, 0.3) is 0 Å². The van der Waals surface area contributed by atoms with Crippen molar-refractivity contribution in [3.63, 3.8) is 0 Å². The van der Waals surface area contributed by atoms with Crippen molar-refractivity contribution in [3.8, 4) is 0 Å². The molecule has 0 bridgehead atoms. The number of sulfonamides is 1. The van der Waals surface area contributed by atoms with Crippen LogP contribution in [0, 0.1) is 0 Å². The molecule has 0 aliphatic rings. The fourth-order valence-corrected chi connectivity index (χ4v) is 2.98. The van der Waals surface area contributed by atoms with Crippen LogP contribution in [0.4, 0.5) is 0 Å². The standard InChI is InChI=1S/C16H17NO4S/c1-21-16(18)14-7-9-15(10-8-14)22(19,20)17-12-11-13-5-3-2-4-6-13/h2-10,17H,11-12H2,1H3. The fraction of sp³-hybridized carbons (Fsp3) is 0.188. The third-order valence-electron chi connectivity index (χ3n) is 3.13. The zero-order valence-electron chi connectivity index (χ0n) is 12.2. The molecule has 0 aliphatic heterocycles. The lowest BCUT2D eigenvalue weighted by Crippen LogP contribution is -2.26. The average Bonchev–Trinajstić information content (AvgIpc) is 2.55. The summed E-state index contributed by atoms with van der Waals surface area (Å²) in [5, 5.41) is 0. The summed E-state index contributed by atoms with van der Waals surface area (Å²) in [6.45, 7) is 0.311. The highest BCUT2D eigenvalue weighted by molar-refractivity contribution is 7.89. The van der Waals surface area contributed by atoms with Gasteiger partial charge in [-0.3, -0.25) is 0 Å². The summed E-state index contributed by atoms with van der Waals surface area (Å²) in [6, 6.07) is 15.3. The maximum Gasteiger partial charge on any atom is 0.337 e. The summed E-state index contributed by atoms with van der Waals surface area (Å²) in [5.41, 5.74) is 1.37. The first-order chi connectivity index (χ1) is 10.5. The van der Waals surface area contributed by atoms with E-state index in [0.29, 0.717) is 18.5 Å². The van der Waals surface area contributed by atoms with Crippen molar-refractivity contribution in [1.29, 1.82) is 0 Å². The summed E-state index contributed by atoms with van der Waals surface area (Å²) in [6.07, 6.45) is 0.611. The van der Waals surface area contributed by atoms with Gasteiger partial charge in [-0.25, -0.2) is 17.9 Å². The number of nitrogens with one attached hydrogen (secondary N) is 1. The molecular weight excluding hydrogens is 302 g/mol. The molecule has 0 unspecified atom stereocenters. The molecule has 0 aromatic heterocycles. The Morgan fingerprint density at radius 1 is 1.05 bits per heavy atom. The number of benzene rings is 2. The van der Waals surface area contributed by atoms with E-state index in [2.05, 4.69) is 9.46 Å². The van der Waals surface area contributed by atoms with Crippen LogP contribution in [0.1, 0.15) is 15.9 Å². The smallest absolute Gasteiger partial charge is 0.337 e. The van der Waals surface area contributed by atoms with Gasteiger partial charge in [0.05, 0.1) is 17.6 Å². The van der Waals surface area contributed by atoms with Gasteiger partial charge in [0.2, 0.25) is 10.0 Å². The minimum Gasteiger partial charge on any atom is -0.465 e. The zero-order chi connectivity index (χ0) is 16.0. The van der Waals surface area contributed by atoms with Crippen molar-refractivity contribution in [1.82, 2.24) is 4.72 Å². The van der Waals surface area contributed by atoms with E-state index in [1.54, 1.807) is 0 Å². The van der Waals surface area contributed by atoms with Crippen LogP contribution in [0.3, 0.4) is 0 Å². The Morgan fingerprint density at radius 3 is 2.27 bits per heavy atom. The summed E-state index contributed by atoms with van der Waals surface area (Å²) in [5.74, 6) is -0.499. The Labute approximate surface area is 130 Å². The molecule has 0 amide bonds. The lowest BCUT2D eigenvalue weighted by Gasteiger charge is -2.07. The molecule has 2 aromatic rings. The van der Waals surface area contributed by atoms with Crippen molar-refractivity contribution >= 4 is 16.0 Å². The molecule has 0 saturated heterocycles. The lowest BCUT2D eigenvalue weighted by atomic mass is 10.2. The molecule has 22 heavy (non-hydrogen) atoms. The van der Waals surface area contributed by atoms with Crippen LogP contribution in [-0.2, 0) is 21.2 Å². The maximum absolute atomic E-state index is 12.1. The first-order valence-corrected chi connectivity index (χ1v) is 8.23. The molecule has 0 heterocycles. The minimum atomic E-state index is -3.58. The predicted octanol–water partition coefficient (Wildman–Crippen LogP) is 1.99. The number of esters is 1. The van der Waals surface area contributed by atoms with Gasteiger partial charge in [0.15, 0.2) is 0 Å². The van der Waals surface area contributed by atoms with Gasteiger partial charge in [-0.1, -0.05) is 30.3 Å². The van der Waals surface area contributed by atoms with Gasteiger partial charge >= 0.3 is 5.97 Å². The molecule has 0 aliphatic carbocycles. The van der Waals surface area contributed by atoms with Gasteiger partial charge < -0.3 is 4.74 Å². The van der Waals surface area contributed by atoms with E-state index >= 15 is 0 Å². The number of carbonyl (C=O) groups excluding carboxylic acids is 1. The molecule has 2 rings (SSSR count). The number of methoxy groups -OCH3 is 1. The van der Waals surface area contributed by atoms with Crippen LogP contribution in [-0.4, -0.2) is 28.0 Å². The van der Waals surface area contributed by atoms with Crippen LogP contribution in [0.15, 0.2) is 59.5 Å². The Balaban J connectivity index is 1.99. The van der Waals surface area contributed by atoms with Crippen molar-refractivity contribution < 1.29 is 17.9 Å². The molecule has 2 aromatic carbocycles. The summed E-state index contributed by atoms with van der Waals surface area (Å²) < 4.78 is 31.4. The molecule has 1 N–H and O–H groups in total. The number of rotatable bonds is 6. The second kappa shape index (κ2) is 7.20. The van der Waals surface area contributed by atoms with Crippen LogP contribution >= 0.6 is 0 Å². The van der Waals surface area contributed by atoms with E-state index in [9.17, 15) is 13.2 Å². The van der Waals surface area contributed by atoms with Gasteiger partial charge in [0, 0.05) is 6.54 Å². The topological polar surface area (TPSA) is 72.5 Å². The molecule has 6 heteroatoms. The van der Waals surface area contributed by atoms with Gasteiger partial charge in [0.25, 0.3) is 0 Å². The highest BCUT2D eigenvalue weighted by Gasteiger charge is 2.14. The zero-order valence-corrected chi connectivity index (χ0v) is 13.0. The number of ether oxygens (including phenoxy) is 1. The Morgan fingerprint density at radius 2 is 1.68 bits per heavy atom. The fourth-order valence-electron chi connectivity index (χ4n) is 1.95. The monoisotopic (exact) mass is 319 g/mol. The van der Waals surface area contributed by atoms with E-state index in [1.165, 1.54) is 31.4 Å². The molecule has 0 saturated carbocycles. The quantitative estimate of drug-likeness (QED) is 0.827. The molecule has 116 valence electrons. The summed E-state index contributed by atoms with van der Waals surface area (Å²) in [7, 11) is -2.31. The largest absolute Gasteiger partial charge is 0.465 e. The third-order valence-corrected chi connectivity index (χ3v) is 4.61. The SMILES string of the molecule is COC(=O)c1ccc(S(=O)(=O)NCCc2ccccc2)cc1. The van der Waals surface area contributed by atoms with E-state index in [4.69, 9.17) is 0 Å². The Bertz CT molecular complexity index is 725. The van der Waals surface area contributed by atoms with Crippen LogP contribution in [0.2, 0.25) is 0 Å². The third kappa shape index (κ3) is 4.16. The minimum absolute atomic E-state index is 0.119. The maximum atomic E-state index is 12.1. The van der Waals surface area contributed by atoms with Crippen LogP contribution in [0.5, 0.6) is 0 Å². The number of carbonyl (C=O) groups is 1. The van der Waals surface area contributed by atoms with Crippen molar-refractivity contribution in [3.05, 3.63) is 65.7 Å². The van der Waals surface area contributed by atoms with E-state index in [0.717, 1.165) is 5.56 Å². The van der Waals surface area contributed by atoms with Crippen molar-refractivity contribution in [2.75, 3.05) is 13.7 Å². The molecule has 0 radical (unpaired) electrons. The predicted molar refractivity (Wildman–Crippen MR) is 83.1 cm³/mol. The van der Waals surface area contributed by atoms with Gasteiger partial charge in [-0.2, -0.15) is 0 Å². The molecule has 0 fully saturated rings.